The number of aromatic nitrogens is 1. The number of hydrogen-bond acceptors (Lipinski definition) is 3. The summed E-state index contributed by atoms with van der Waals surface area (Å²) in [6.45, 7) is 4.71. The number of rotatable bonds is 3. The van der Waals surface area contributed by atoms with Gasteiger partial charge < -0.3 is 10.6 Å². The Balaban J connectivity index is 1.64. The lowest BCUT2D eigenvalue weighted by molar-refractivity contribution is 0.627. The van der Waals surface area contributed by atoms with E-state index in [4.69, 9.17) is 12.2 Å². The molecule has 0 atom stereocenters. The second kappa shape index (κ2) is 6.60. The lowest BCUT2D eigenvalue weighted by Gasteiger charge is -2.08. The summed E-state index contributed by atoms with van der Waals surface area (Å²) in [5.41, 5.74) is 4.42. The summed E-state index contributed by atoms with van der Waals surface area (Å²) < 4.78 is 14.0. The Hall–Kier alpha value is -2.05. The van der Waals surface area contributed by atoms with Crippen molar-refractivity contribution >= 4 is 44.0 Å². The van der Waals surface area contributed by atoms with Crippen molar-refractivity contribution in [3.05, 3.63) is 58.9 Å². The fourth-order valence-electron chi connectivity index (χ4n) is 2.16. The first-order valence-electron chi connectivity index (χ1n) is 7.18. The highest BCUT2D eigenvalue weighted by Gasteiger charge is 2.07. The van der Waals surface area contributed by atoms with Gasteiger partial charge in [-0.25, -0.2) is 9.37 Å². The molecule has 2 aromatic carbocycles. The summed E-state index contributed by atoms with van der Waals surface area (Å²) in [6, 6.07) is 10.6. The van der Waals surface area contributed by atoms with E-state index in [1.165, 1.54) is 23.3 Å². The van der Waals surface area contributed by atoms with Crippen molar-refractivity contribution in [2.24, 2.45) is 0 Å². The van der Waals surface area contributed by atoms with Gasteiger partial charge in [0.2, 0.25) is 0 Å². The zero-order valence-electron chi connectivity index (χ0n) is 12.8. The highest BCUT2D eigenvalue weighted by atomic mass is 32.1. The molecular weight excluding hydrogens is 329 g/mol. The predicted molar refractivity (Wildman–Crippen MR) is 98.6 cm³/mol. The van der Waals surface area contributed by atoms with Crippen LogP contribution < -0.4 is 10.6 Å². The average molecular weight is 345 g/mol. The van der Waals surface area contributed by atoms with Crippen LogP contribution in [-0.2, 0) is 6.54 Å². The van der Waals surface area contributed by atoms with Crippen LogP contribution in [0.2, 0.25) is 0 Å². The summed E-state index contributed by atoms with van der Waals surface area (Å²) in [6.07, 6.45) is 0. The van der Waals surface area contributed by atoms with Crippen molar-refractivity contribution in [3.8, 4) is 0 Å². The molecule has 0 bridgehead atoms. The molecule has 0 spiro atoms. The minimum absolute atomic E-state index is 0.241. The molecule has 3 nitrogen and oxygen atoms in total. The minimum atomic E-state index is -0.241. The molecule has 0 radical (unpaired) electrons. The van der Waals surface area contributed by atoms with E-state index in [1.807, 2.05) is 0 Å². The average Bonchev–Trinajstić information content (AvgIpc) is 2.88. The summed E-state index contributed by atoms with van der Waals surface area (Å²) in [5, 5.41) is 7.47. The molecular formula is C17H16FN3S2. The van der Waals surface area contributed by atoms with Crippen LogP contribution in [0, 0.1) is 19.7 Å². The van der Waals surface area contributed by atoms with Crippen LogP contribution in [0.25, 0.3) is 10.2 Å². The molecule has 0 aliphatic carbocycles. The Kier molecular flexibility index (Phi) is 4.54. The quantitative estimate of drug-likeness (QED) is 0.684. The van der Waals surface area contributed by atoms with E-state index in [2.05, 4.69) is 41.6 Å². The third kappa shape index (κ3) is 3.83. The van der Waals surface area contributed by atoms with Gasteiger partial charge in [0.1, 0.15) is 5.82 Å². The van der Waals surface area contributed by atoms with E-state index >= 15 is 0 Å². The molecule has 2 N–H and O–H groups in total. The van der Waals surface area contributed by atoms with E-state index in [0.717, 1.165) is 20.9 Å². The van der Waals surface area contributed by atoms with Crippen molar-refractivity contribution in [1.29, 1.82) is 0 Å². The lowest BCUT2D eigenvalue weighted by atomic mass is 10.1. The maximum Gasteiger partial charge on any atom is 0.190 e. The van der Waals surface area contributed by atoms with E-state index in [-0.39, 0.29) is 5.82 Å². The van der Waals surface area contributed by atoms with Gasteiger partial charge >= 0.3 is 0 Å². The Morgan fingerprint density at radius 1 is 1.17 bits per heavy atom. The van der Waals surface area contributed by atoms with Gasteiger partial charge in [-0.05, 0) is 67.0 Å². The molecule has 3 aromatic rings. The Morgan fingerprint density at radius 3 is 2.61 bits per heavy atom. The number of nitrogens with one attached hydrogen (secondary N) is 2. The molecule has 0 aliphatic heterocycles. The highest BCUT2D eigenvalue weighted by Crippen LogP contribution is 2.28. The Labute approximate surface area is 143 Å². The molecule has 3 rings (SSSR count). The molecule has 0 fully saturated rings. The van der Waals surface area contributed by atoms with Gasteiger partial charge in [-0.3, -0.25) is 0 Å². The summed E-state index contributed by atoms with van der Waals surface area (Å²) in [7, 11) is 0. The van der Waals surface area contributed by atoms with E-state index in [0.29, 0.717) is 11.7 Å². The van der Waals surface area contributed by atoms with Crippen molar-refractivity contribution < 1.29 is 4.39 Å². The second-order valence-electron chi connectivity index (χ2n) is 5.36. The van der Waals surface area contributed by atoms with Gasteiger partial charge in [-0.1, -0.05) is 23.5 Å². The Bertz CT molecular complexity index is 817. The topological polar surface area (TPSA) is 37.0 Å². The number of benzene rings is 2. The highest BCUT2D eigenvalue weighted by molar-refractivity contribution is 7.80. The first kappa shape index (κ1) is 15.8. The van der Waals surface area contributed by atoms with Crippen molar-refractivity contribution in [2.75, 3.05) is 5.32 Å². The van der Waals surface area contributed by atoms with E-state index in [9.17, 15) is 4.39 Å². The fourth-order valence-corrected chi connectivity index (χ4v) is 3.34. The number of nitrogens with zero attached hydrogens (tertiary/aromatic N) is 1. The van der Waals surface area contributed by atoms with E-state index in [1.54, 1.807) is 23.5 Å². The van der Waals surface area contributed by atoms with Gasteiger partial charge in [-0.15, -0.1) is 0 Å². The summed E-state index contributed by atoms with van der Waals surface area (Å²) >= 11 is 6.86. The smallest absolute Gasteiger partial charge is 0.190 e. The van der Waals surface area contributed by atoms with Gasteiger partial charge in [0.05, 0.1) is 10.2 Å². The van der Waals surface area contributed by atoms with Gasteiger partial charge in [0.25, 0.3) is 0 Å². The number of aryl methyl sites for hydroxylation is 2. The van der Waals surface area contributed by atoms with Crippen LogP contribution in [0.15, 0.2) is 36.4 Å². The molecule has 0 saturated carbocycles. The largest absolute Gasteiger partial charge is 0.358 e. The number of halogens is 1. The Morgan fingerprint density at radius 2 is 1.87 bits per heavy atom. The number of thiocarbonyl (C=S) groups is 1. The van der Waals surface area contributed by atoms with Gasteiger partial charge in [-0.2, -0.15) is 0 Å². The molecule has 0 aliphatic rings. The molecule has 1 heterocycles. The third-order valence-corrected chi connectivity index (χ3v) is 4.77. The summed E-state index contributed by atoms with van der Waals surface area (Å²) in [4.78, 5) is 4.55. The fraction of sp³-hybridized carbons (Fsp3) is 0.176. The minimum Gasteiger partial charge on any atom is -0.358 e. The van der Waals surface area contributed by atoms with Crippen LogP contribution in [0.3, 0.4) is 0 Å². The SMILES string of the molecule is Cc1cc2nc(NC(=S)NCc3ccc(F)cc3)sc2cc1C. The van der Waals surface area contributed by atoms with Crippen LogP contribution in [0.5, 0.6) is 0 Å². The molecule has 23 heavy (non-hydrogen) atoms. The standard InChI is InChI=1S/C17H16FN3S2/c1-10-7-14-15(8-11(10)2)23-17(20-14)21-16(22)19-9-12-3-5-13(18)6-4-12/h3-8H,9H2,1-2H3,(H2,19,20,21,22). The first-order chi connectivity index (χ1) is 11.0. The summed E-state index contributed by atoms with van der Waals surface area (Å²) in [5.74, 6) is -0.241. The van der Waals surface area contributed by atoms with Crippen LogP contribution in [-0.4, -0.2) is 10.1 Å². The van der Waals surface area contributed by atoms with Crippen molar-refractivity contribution in [2.45, 2.75) is 20.4 Å². The third-order valence-electron chi connectivity index (χ3n) is 3.59. The monoisotopic (exact) mass is 345 g/mol. The van der Waals surface area contributed by atoms with Crippen LogP contribution >= 0.6 is 23.6 Å². The zero-order valence-corrected chi connectivity index (χ0v) is 14.4. The van der Waals surface area contributed by atoms with Gasteiger partial charge in [0, 0.05) is 6.54 Å². The van der Waals surface area contributed by atoms with Gasteiger partial charge in [0.15, 0.2) is 10.2 Å². The maximum atomic E-state index is 12.9. The molecule has 0 unspecified atom stereocenters. The second-order valence-corrected chi connectivity index (χ2v) is 6.80. The maximum absolute atomic E-state index is 12.9. The molecule has 118 valence electrons. The lowest BCUT2D eigenvalue weighted by Crippen LogP contribution is -2.27. The van der Waals surface area contributed by atoms with Crippen molar-refractivity contribution in [1.82, 2.24) is 10.3 Å². The molecule has 0 saturated heterocycles. The molecule has 6 heteroatoms. The number of fused-ring (bicyclic) bond motifs is 1. The van der Waals surface area contributed by atoms with E-state index < -0.39 is 0 Å². The number of hydrogen-bond donors (Lipinski definition) is 2. The van der Waals surface area contributed by atoms with Crippen molar-refractivity contribution in [3.63, 3.8) is 0 Å². The first-order valence-corrected chi connectivity index (χ1v) is 8.41. The zero-order chi connectivity index (χ0) is 16.4. The van der Waals surface area contributed by atoms with Crippen LogP contribution in [0.4, 0.5) is 9.52 Å². The number of thiazole rings is 1. The van der Waals surface area contributed by atoms with Crippen LogP contribution in [0.1, 0.15) is 16.7 Å². The molecule has 1 aromatic heterocycles. The predicted octanol–water partition coefficient (Wildman–Crippen LogP) is 4.54. The normalized spacial score (nSPS) is 10.7. The number of anilines is 1. The molecule has 0 amide bonds.